The highest BCUT2D eigenvalue weighted by Crippen LogP contribution is 2.42. The molecule has 1 N–H and O–H groups in total. The molecule has 2 unspecified atom stereocenters. The van der Waals surface area contributed by atoms with Gasteiger partial charge in [-0.2, -0.15) is 0 Å². The van der Waals surface area contributed by atoms with Crippen LogP contribution in [0, 0.1) is 5.92 Å². The average molecular weight is 268 g/mol. The van der Waals surface area contributed by atoms with Gasteiger partial charge in [-0.25, -0.2) is 0 Å². The van der Waals surface area contributed by atoms with E-state index in [2.05, 4.69) is 24.2 Å². The van der Waals surface area contributed by atoms with Gasteiger partial charge in [0.2, 0.25) is 0 Å². The number of rotatable bonds is 7. The van der Waals surface area contributed by atoms with Gasteiger partial charge >= 0.3 is 0 Å². The zero-order valence-electron chi connectivity index (χ0n) is 13.1. The third kappa shape index (κ3) is 3.14. The van der Waals surface area contributed by atoms with Crippen LogP contribution in [0.4, 0.5) is 0 Å². The number of likely N-dealkylation sites (N-methyl/N-ethyl adjacent to an activating group) is 1. The van der Waals surface area contributed by atoms with Crippen molar-refractivity contribution in [3.63, 3.8) is 0 Å². The fraction of sp³-hybridized carbons (Fsp3) is 1.00. The predicted molar refractivity (Wildman–Crippen MR) is 80.5 cm³/mol. The molecule has 1 heterocycles. The standard InChI is InChI=1S/C16H32N2O/c1-14(8-13-19-3)15(17-2)16(9-4-5-10-16)18-11-6-7-12-18/h14-15,17H,4-13H2,1-3H3. The maximum atomic E-state index is 5.29. The van der Waals surface area contributed by atoms with Crippen LogP contribution in [0.25, 0.3) is 0 Å². The van der Waals surface area contributed by atoms with E-state index in [1.165, 1.54) is 51.6 Å². The first-order chi connectivity index (χ1) is 9.24. The fourth-order valence-electron chi connectivity index (χ4n) is 4.53. The lowest BCUT2D eigenvalue weighted by molar-refractivity contribution is 0.0485. The molecule has 3 nitrogen and oxygen atoms in total. The van der Waals surface area contributed by atoms with E-state index < -0.39 is 0 Å². The molecule has 0 spiro atoms. The molecule has 112 valence electrons. The van der Waals surface area contributed by atoms with E-state index in [4.69, 9.17) is 4.74 Å². The molecule has 0 aromatic rings. The smallest absolute Gasteiger partial charge is 0.0465 e. The van der Waals surface area contributed by atoms with E-state index in [-0.39, 0.29) is 0 Å². The fourth-order valence-corrected chi connectivity index (χ4v) is 4.53. The summed E-state index contributed by atoms with van der Waals surface area (Å²) in [4.78, 5) is 2.81. The molecule has 2 aliphatic rings. The lowest BCUT2D eigenvalue weighted by atomic mass is 9.78. The van der Waals surface area contributed by atoms with Crippen molar-refractivity contribution in [2.24, 2.45) is 5.92 Å². The van der Waals surface area contributed by atoms with Gasteiger partial charge < -0.3 is 10.1 Å². The van der Waals surface area contributed by atoms with Crippen molar-refractivity contribution in [2.45, 2.75) is 63.5 Å². The Labute approximate surface area is 119 Å². The minimum atomic E-state index is 0.429. The van der Waals surface area contributed by atoms with E-state index in [0.717, 1.165) is 13.0 Å². The quantitative estimate of drug-likeness (QED) is 0.768. The Morgan fingerprint density at radius 1 is 1.16 bits per heavy atom. The minimum absolute atomic E-state index is 0.429. The molecule has 0 amide bonds. The second-order valence-corrected chi connectivity index (χ2v) is 6.53. The Balaban J connectivity index is 2.10. The molecule has 0 bridgehead atoms. The summed E-state index contributed by atoms with van der Waals surface area (Å²) in [5.41, 5.74) is 0.429. The van der Waals surface area contributed by atoms with Gasteiger partial charge in [0.25, 0.3) is 0 Å². The molecule has 1 saturated heterocycles. The third-order valence-electron chi connectivity index (χ3n) is 5.44. The zero-order valence-corrected chi connectivity index (χ0v) is 13.1. The zero-order chi connectivity index (χ0) is 13.7. The maximum absolute atomic E-state index is 5.29. The summed E-state index contributed by atoms with van der Waals surface area (Å²) in [6.45, 7) is 5.91. The number of hydrogen-bond donors (Lipinski definition) is 1. The first-order valence-electron chi connectivity index (χ1n) is 8.16. The molecule has 2 atom stereocenters. The van der Waals surface area contributed by atoms with E-state index in [9.17, 15) is 0 Å². The van der Waals surface area contributed by atoms with Crippen LogP contribution in [-0.4, -0.2) is 50.3 Å². The van der Waals surface area contributed by atoms with Crippen LogP contribution in [0.2, 0.25) is 0 Å². The van der Waals surface area contributed by atoms with Crippen LogP contribution in [0.5, 0.6) is 0 Å². The normalized spacial score (nSPS) is 26.7. The van der Waals surface area contributed by atoms with Crippen molar-refractivity contribution < 1.29 is 4.74 Å². The summed E-state index contributed by atoms with van der Waals surface area (Å²) >= 11 is 0. The van der Waals surface area contributed by atoms with Gasteiger partial charge in [0, 0.05) is 25.3 Å². The highest BCUT2D eigenvalue weighted by atomic mass is 16.5. The molecular formula is C16H32N2O. The monoisotopic (exact) mass is 268 g/mol. The summed E-state index contributed by atoms with van der Waals surface area (Å²) in [5.74, 6) is 0.684. The predicted octanol–water partition coefficient (Wildman–Crippen LogP) is 2.66. The number of nitrogens with zero attached hydrogens (tertiary/aromatic N) is 1. The van der Waals surface area contributed by atoms with Crippen molar-refractivity contribution in [3.8, 4) is 0 Å². The topological polar surface area (TPSA) is 24.5 Å². The highest BCUT2D eigenvalue weighted by Gasteiger charge is 2.47. The summed E-state index contributed by atoms with van der Waals surface area (Å²) in [5, 5.41) is 3.67. The number of hydrogen-bond acceptors (Lipinski definition) is 3. The van der Waals surface area contributed by atoms with Gasteiger partial charge in [-0.1, -0.05) is 19.8 Å². The lowest BCUT2D eigenvalue weighted by Gasteiger charge is -2.47. The summed E-state index contributed by atoms with van der Waals surface area (Å²) in [6, 6.07) is 0.614. The maximum Gasteiger partial charge on any atom is 0.0465 e. The molecular weight excluding hydrogens is 236 g/mol. The highest BCUT2D eigenvalue weighted by molar-refractivity contribution is 5.05. The van der Waals surface area contributed by atoms with E-state index in [1.807, 2.05) is 7.11 Å². The minimum Gasteiger partial charge on any atom is -0.385 e. The van der Waals surface area contributed by atoms with E-state index in [0.29, 0.717) is 17.5 Å². The second kappa shape index (κ2) is 7.05. The molecule has 19 heavy (non-hydrogen) atoms. The van der Waals surface area contributed by atoms with Gasteiger partial charge in [0.15, 0.2) is 0 Å². The molecule has 1 saturated carbocycles. The molecule has 1 aliphatic heterocycles. The molecule has 2 rings (SSSR count). The molecule has 0 aromatic carbocycles. The van der Waals surface area contributed by atoms with Crippen molar-refractivity contribution >= 4 is 0 Å². The van der Waals surface area contributed by atoms with Crippen molar-refractivity contribution in [1.82, 2.24) is 10.2 Å². The Bertz CT molecular complexity index is 257. The number of nitrogens with one attached hydrogen (secondary N) is 1. The van der Waals surface area contributed by atoms with Gasteiger partial charge in [-0.15, -0.1) is 0 Å². The van der Waals surface area contributed by atoms with Crippen LogP contribution in [0.15, 0.2) is 0 Å². The third-order valence-corrected chi connectivity index (χ3v) is 5.44. The summed E-state index contributed by atoms with van der Waals surface area (Å²) in [6.07, 6.45) is 9.54. The van der Waals surface area contributed by atoms with E-state index in [1.54, 1.807) is 0 Å². The Morgan fingerprint density at radius 2 is 1.79 bits per heavy atom. The largest absolute Gasteiger partial charge is 0.385 e. The van der Waals surface area contributed by atoms with Crippen LogP contribution in [-0.2, 0) is 4.74 Å². The van der Waals surface area contributed by atoms with Gasteiger partial charge in [0.05, 0.1) is 0 Å². The van der Waals surface area contributed by atoms with Gasteiger partial charge in [-0.05, 0) is 58.2 Å². The van der Waals surface area contributed by atoms with Crippen LogP contribution >= 0.6 is 0 Å². The Kier molecular flexibility index (Phi) is 5.67. The molecule has 3 heteroatoms. The molecule has 0 radical (unpaired) electrons. The summed E-state index contributed by atoms with van der Waals surface area (Å²) < 4.78 is 5.29. The first kappa shape index (κ1) is 15.3. The van der Waals surface area contributed by atoms with Crippen LogP contribution in [0.3, 0.4) is 0 Å². The van der Waals surface area contributed by atoms with Gasteiger partial charge in [0.1, 0.15) is 0 Å². The van der Waals surface area contributed by atoms with Crippen molar-refractivity contribution in [1.29, 1.82) is 0 Å². The van der Waals surface area contributed by atoms with Crippen molar-refractivity contribution in [3.05, 3.63) is 0 Å². The second-order valence-electron chi connectivity index (χ2n) is 6.53. The SMILES string of the molecule is CNC(C(C)CCOC)C1(N2CCCC2)CCCC1. The average Bonchev–Trinajstić information content (AvgIpc) is 3.08. The number of ether oxygens (including phenoxy) is 1. The Morgan fingerprint density at radius 3 is 2.32 bits per heavy atom. The molecule has 1 aliphatic carbocycles. The van der Waals surface area contributed by atoms with Crippen molar-refractivity contribution in [2.75, 3.05) is 33.9 Å². The number of likely N-dealkylation sites (tertiary alicyclic amines) is 1. The number of methoxy groups -OCH3 is 1. The van der Waals surface area contributed by atoms with E-state index >= 15 is 0 Å². The first-order valence-corrected chi connectivity index (χ1v) is 8.16. The molecule has 0 aromatic heterocycles. The van der Waals surface area contributed by atoms with Crippen LogP contribution < -0.4 is 5.32 Å². The lowest BCUT2D eigenvalue weighted by Crippen LogP contribution is -2.60. The van der Waals surface area contributed by atoms with Gasteiger partial charge in [-0.3, -0.25) is 4.90 Å². The molecule has 2 fully saturated rings. The van der Waals surface area contributed by atoms with Crippen LogP contribution in [0.1, 0.15) is 51.9 Å². The summed E-state index contributed by atoms with van der Waals surface area (Å²) in [7, 11) is 3.97. The Hall–Kier alpha value is -0.120.